The van der Waals surface area contributed by atoms with E-state index in [0.717, 1.165) is 19.5 Å². The number of hydrogen-bond donors (Lipinski definition) is 0. The second-order valence-electron chi connectivity index (χ2n) is 6.97. The van der Waals surface area contributed by atoms with Crippen LogP contribution in [0.15, 0.2) is 36.8 Å². The highest BCUT2D eigenvalue weighted by molar-refractivity contribution is 5.97. The molecule has 2 aromatic rings. The summed E-state index contributed by atoms with van der Waals surface area (Å²) in [6.45, 7) is 4.01. The van der Waals surface area contributed by atoms with Gasteiger partial charge in [0.05, 0.1) is 5.56 Å². The molecule has 1 atom stereocenters. The molecule has 4 rings (SSSR count). The predicted octanol–water partition coefficient (Wildman–Crippen LogP) is 2.36. The van der Waals surface area contributed by atoms with E-state index in [4.69, 9.17) is 0 Å². The average Bonchev–Trinajstić information content (AvgIpc) is 3.23. The molecule has 1 unspecified atom stereocenters. The fourth-order valence-corrected chi connectivity index (χ4v) is 4.03. The Hall–Kier alpha value is -2.21. The molecule has 6 heteroatoms. The van der Waals surface area contributed by atoms with Crippen molar-refractivity contribution in [3.63, 3.8) is 0 Å². The molecule has 0 saturated carbocycles. The fourth-order valence-electron chi connectivity index (χ4n) is 4.03. The van der Waals surface area contributed by atoms with Crippen molar-refractivity contribution in [3.05, 3.63) is 42.4 Å². The Balaban J connectivity index is 1.53. The molecule has 0 radical (unpaired) electrons. The Kier molecular flexibility index (Phi) is 4.78. The van der Waals surface area contributed by atoms with Crippen molar-refractivity contribution in [1.29, 1.82) is 0 Å². The molecule has 2 aliphatic rings. The zero-order valence-electron chi connectivity index (χ0n) is 14.5. The summed E-state index contributed by atoms with van der Waals surface area (Å²) >= 11 is 0. The number of hydrogen-bond acceptors (Lipinski definition) is 4. The van der Waals surface area contributed by atoms with Crippen LogP contribution >= 0.6 is 0 Å². The van der Waals surface area contributed by atoms with Gasteiger partial charge in [-0.25, -0.2) is 9.67 Å². The number of piperidine rings is 2. The molecule has 1 amide bonds. The first kappa shape index (κ1) is 16.3. The standard InChI is InChI=1S/C19H25N5O/c25-19(17-8-4-9-20-18(17)24-14-6-10-21-24)23-13-5-7-16(15-23)22-11-2-1-3-12-22/h4,6,8-10,14,16H,1-3,5,7,11-13,15H2. The first-order valence-electron chi connectivity index (χ1n) is 9.31. The SMILES string of the molecule is O=C(c1cccnc1-n1cccn1)N1CCCC(N2CCCCC2)C1. The van der Waals surface area contributed by atoms with E-state index in [2.05, 4.69) is 15.0 Å². The van der Waals surface area contributed by atoms with Crippen molar-refractivity contribution < 1.29 is 4.79 Å². The lowest BCUT2D eigenvalue weighted by atomic mass is 10.00. The highest BCUT2D eigenvalue weighted by Gasteiger charge is 2.30. The topological polar surface area (TPSA) is 54.3 Å². The molecule has 2 fully saturated rings. The van der Waals surface area contributed by atoms with E-state index in [1.807, 2.05) is 29.3 Å². The van der Waals surface area contributed by atoms with Crippen LogP contribution in [0.1, 0.15) is 42.5 Å². The summed E-state index contributed by atoms with van der Waals surface area (Å²) in [7, 11) is 0. The maximum absolute atomic E-state index is 13.2. The monoisotopic (exact) mass is 339 g/mol. The lowest BCUT2D eigenvalue weighted by Crippen LogP contribution is -2.51. The van der Waals surface area contributed by atoms with Gasteiger partial charge in [-0.15, -0.1) is 0 Å². The van der Waals surface area contributed by atoms with E-state index in [1.165, 1.54) is 38.8 Å². The smallest absolute Gasteiger partial charge is 0.257 e. The highest BCUT2D eigenvalue weighted by Crippen LogP contribution is 2.22. The number of rotatable bonds is 3. The van der Waals surface area contributed by atoms with Crippen LogP contribution in [0.4, 0.5) is 0 Å². The molecule has 4 heterocycles. The van der Waals surface area contributed by atoms with Crippen LogP contribution in [-0.2, 0) is 0 Å². The van der Waals surface area contributed by atoms with Gasteiger partial charge in [-0.05, 0) is 57.0 Å². The molecule has 0 bridgehead atoms. The molecule has 6 nitrogen and oxygen atoms in total. The summed E-state index contributed by atoms with van der Waals surface area (Å²) in [4.78, 5) is 22.1. The zero-order valence-corrected chi connectivity index (χ0v) is 14.5. The fraction of sp³-hybridized carbons (Fsp3) is 0.526. The van der Waals surface area contributed by atoms with Gasteiger partial charge < -0.3 is 4.90 Å². The number of pyridine rings is 1. The third-order valence-corrected chi connectivity index (χ3v) is 5.33. The van der Waals surface area contributed by atoms with Crippen LogP contribution in [-0.4, -0.2) is 62.7 Å². The van der Waals surface area contributed by atoms with Crippen LogP contribution in [0.3, 0.4) is 0 Å². The van der Waals surface area contributed by atoms with Gasteiger partial charge >= 0.3 is 0 Å². The number of aromatic nitrogens is 3. The lowest BCUT2D eigenvalue weighted by Gasteiger charge is -2.41. The molecule has 2 saturated heterocycles. The van der Waals surface area contributed by atoms with E-state index in [9.17, 15) is 4.79 Å². The Morgan fingerprint density at radius 3 is 2.72 bits per heavy atom. The largest absolute Gasteiger partial charge is 0.337 e. The molecule has 2 aliphatic heterocycles. The van der Waals surface area contributed by atoms with Gasteiger partial charge in [-0.3, -0.25) is 9.69 Å². The minimum Gasteiger partial charge on any atom is -0.337 e. The summed E-state index contributed by atoms with van der Waals surface area (Å²) < 4.78 is 1.67. The van der Waals surface area contributed by atoms with Crippen LogP contribution in [0, 0.1) is 0 Å². The van der Waals surface area contributed by atoms with Gasteiger partial charge in [0, 0.05) is 37.7 Å². The van der Waals surface area contributed by atoms with E-state index in [-0.39, 0.29) is 5.91 Å². The first-order valence-corrected chi connectivity index (χ1v) is 9.31. The van der Waals surface area contributed by atoms with Crippen LogP contribution < -0.4 is 0 Å². The molecule has 0 aromatic carbocycles. The van der Waals surface area contributed by atoms with Gasteiger partial charge in [-0.2, -0.15) is 5.10 Å². The normalized spacial score (nSPS) is 22.1. The van der Waals surface area contributed by atoms with E-state index >= 15 is 0 Å². The summed E-state index contributed by atoms with van der Waals surface area (Å²) in [5.41, 5.74) is 0.630. The molecule has 2 aromatic heterocycles. The molecule has 0 aliphatic carbocycles. The molecule has 0 N–H and O–H groups in total. The van der Waals surface area contributed by atoms with Crippen molar-refractivity contribution in [2.24, 2.45) is 0 Å². The Morgan fingerprint density at radius 1 is 1.04 bits per heavy atom. The van der Waals surface area contributed by atoms with E-state index in [0.29, 0.717) is 17.4 Å². The van der Waals surface area contributed by atoms with Gasteiger partial charge in [0.15, 0.2) is 5.82 Å². The lowest BCUT2D eigenvalue weighted by molar-refractivity contribution is 0.0537. The van der Waals surface area contributed by atoms with Gasteiger partial charge in [0.2, 0.25) is 0 Å². The molecular weight excluding hydrogens is 314 g/mol. The second-order valence-corrected chi connectivity index (χ2v) is 6.97. The van der Waals surface area contributed by atoms with E-state index < -0.39 is 0 Å². The summed E-state index contributed by atoms with van der Waals surface area (Å²) in [5.74, 6) is 0.679. The Bertz CT molecular complexity index is 708. The quantitative estimate of drug-likeness (QED) is 0.861. The molecule has 0 spiro atoms. The maximum Gasteiger partial charge on any atom is 0.257 e. The van der Waals surface area contributed by atoms with Crippen molar-refractivity contribution >= 4 is 5.91 Å². The van der Waals surface area contributed by atoms with E-state index in [1.54, 1.807) is 17.1 Å². The zero-order chi connectivity index (χ0) is 17.1. The number of amides is 1. The highest BCUT2D eigenvalue weighted by atomic mass is 16.2. The van der Waals surface area contributed by atoms with Crippen molar-refractivity contribution in [3.8, 4) is 5.82 Å². The van der Waals surface area contributed by atoms with Gasteiger partial charge in [-0.1, -0.05) is 6.42 Å². The number of nitrogens with zero attached hydrogens (tertiary/aromatic N) is 5. The second kappa shape index (κ2) is 7.35. The average molecular weight is 339 g/mol. The van der Waals surface area contributed by atoms with Gasteiger partial charge in [0.25, 0.3) is 5.91 Å². The molecular formula is C19H25N5O. The van der Waals surface area contributed by atoms with Crippen molar-refractivity contribution in [2.75, 3.05) is 26.2 Å². The third-order valence-electron chi connectivity index (χ3n) is 5.33. The van der Waals surface area contributed by atoms with Crippen LogP contribution in [0.25, 0.3) is 5.82 Å². The molecule has 132 valence electrons. The van der Waals surface area contributed by atoms with Gasteiger partial charge in [0.1, 0.15) is 0 Å². The Labute approximate surface area is 148 Å². The number of likely N-dealkylation sites (tertiary alicyclic amines) is 2. The minimum atomic E-state index is 0.0697. The Morgan fingerprint density at radius 2 is 1.92 bits per heavy atom. The maximum atomic E-state index is 13.2. The van der Waals surface area contributed by atoms with Crippen LogP contribution in [0.5, 0.6) is 0 Å². The van der Waals surface area contributed by atoms with Crippen molar-refractivity contribution in [1.82, 2.24) is 24.6 Å². The summed E-state index contributed by atoms with van der Waals surface area (Å²) in [6, 6.07) is 6.03. The number of carbonyl (C=O) groups excluding carboxylic acids is 1. The predicted molar refractivity (Wildman–Crippen MR) is 95.7 cm³/mol. The number of carbonyl (C=O) groups is 1. The summed E-state index contributed by atoms with van der Waals surface area (Å²) in [6.07, 6.45) is 11.4. The summed E-state index contributed by atoms with van der Waals surface area (Å²) in [5, 5.41) is 4.24. The van der Waals surface area contributed by atoms with Crippen molar-refractivity contribution in [2.45, 2.75) is 38.1 Å². The molecule has 25 heavy (non-hydrogen) atoms. The minimum absolute atomic E-state index is 0.0697. The third kappa shape index (κ3) is 3.44. The first-order chi connectivity index (χ1) is 12.3. The van der Waals surface area contributed by atoms with Crippen LogP contribution in [0.2, 0.25) is 0 Å².